The standard InChI is InChI=1S/C31H35N5O4/c1-20-7-9-23(10-8-20)36-29(18-28(35-36)31(3,4)5)34-30(38)33-27-12-11-25(15-21(27)2)40-26-13-14-32-22(17-26)16-24(37)19-39-6/h7-15,17-18H,16,19H2,1-6H3,(H2,33,34,38). The summed E-state index contributed by atoms with van der Waals surface area (Å²) in [6, 6.07) is 18.3. The van der Waals surface area contributed by atoms with Crippen molar-refractivity contribution in [3.05, 3.63) is 89.4 Å². The van der Waals surface area contributed by atoms with E-state index in [1.807, 2.05) is 50.2 Å². The highest BCUT2D eigenvalue weighted by Crippen LogP contribution is 2.28. The van der Waals surface area contributed by atoms with E-state index in [0.29, 0.717) is 28.7 Å². The van der Waals surface area contributed by atoms with Gasteiger partial charge in [-0.2, -0.15) is 5.10 Å². The minimum atomic E-state index is -0.384. The molecule has 40 heavy (non-hydrogen) atoms. The minimum absolute atomic E-state index is 0.0417. The molecule has 0 saturated heterocycles. The van der Waals surface area contributed by atoms with E-state index in [9.17, 15) is 9.59 Å². The van der Waals surface area contributed by atoms with Gasteiger partial charge in [-0.15, -0.1) is 0 Å². The largest absolute Gasteiger partial charge is 0.457 e. The summed E-state index contributed by atoms with van der Waals surface area (Å²) < 4.78 is 12.6. The molecule has 0 saturated carbocycles. The first kappa shape index (κ1) is 28.5. The van der Waals surface area contributed by atoms with Gasteiger partial charge in [0.15, 0.2) is 5.78 Å². The van der Waals surface area contributed by atoms with Crippen molar-refractivity contribution < 1.29 is 19.1 Å². The molecule has 0 fully saturated rings. The summed E-state index contributed by atoms with van der Waals surface area (Å²) in [5.74, 6) is 1.66. The van der Waals surface area contributed by atoms with Crippen molar-refractivity contribution in [3.8, 4) is 17.2 Å². The van der Waals surface area contributed by atoms with E-state index in [2.05, 4.69) is 36.4 Å². The number of amides is 2. The Balaban J connectivity index is 1.46. The molecule has 2 aromatic carbocycles. The number of pyridine rings is 1. The van der Waals surface area contributed by atoms with Gasteiger partial charge in [0.05, 0.1) is 23.5 Å². The maximum absolute atomic E-state index is 13.0. The number of urea groups is 1. The molecular formula is C31H35N5O4. The molecule has 0 atom stereocenters. The molecule has 2 amide bonds. The van der Waals surface area contributed by atoms with Gasteiger partial charge in [-0.05, 0) is 55.8 Å². The fourth-order valence-electron chi connectivity index (χ4n) is 4.00. The summed E-state index contributed by atoms with van der Waals surface area (Å²) in [6.07, 6.45) is 1.77. The quantitative estimate of drug-likeness (QED) is 0.255. The van der Waals surface area contributed by atoms with Crippen LogP contribution in [0.15, 0.2) is 66.9 Å². The number of anilines is 2. The average molecular weight is 542 g/mol. The normalized spacial score (nSPS) is 11.2. The molecule has 208 valence electrons. The topological polar surface area (TPSA) is 107 Å². The van der Waals surface area contributed by atoms with E-state index < -0.39 is 0 Å². The van der Waals surface area contributed by atoms with Gasteiger partial charge in [-0.3, -0.25) is 15.1 Å². The van der Waals surface area contributed by atoms with E-state index in [-0.39, 0.29) is 30.3 Å². The second kappa shape index (κ2) is 12.1. The number of nitrogens with one attached hydrogen (secondary N) is 2. The summed E-state index contributed by atoms with van der Waals surface area (Å²) in [5, 5.41) is 10.6. The second-order valence-corrected chi connectivity index (χ2v) is 10.7. The van der Waals surface area contributed by atoms with E-state index in [1.54, 1.807) is 35.1 Å². The van der Waals surface area contributed by atoms with Crippen LogP contribution in [0, 0.1) is 13.8 Å². The Bertz CT molecular complexity index is 1500. The Morgan fingerprint density at radius 3 is 2.33 bits per heavy atom. The van der Waals surface area contributed by atoms with Crippen molar-refractivity contribution in [1.29, 1.82) is 0 Å². The zero-order valence-corrected chi connectivity index (χ0v) is 23.7. The fourth-order valence-corrected chi connectivity index (χ4v) is 4.00. The van der Waals surface area contributed by atoms with Crippen LogP contribution in [-0.2, 0) is 21.4 Å². The smallest absolute Gasteiger partial charge is 0.324 e. The number of carbonyl (C=O) groups is 2. The molecule has 9 nitrogen and oxygen atoms in total. The number of benzene rings is 2. The lowest BCUT2D eigenvalue weighted by Crippen LogP contribution is -2.21. The number of carbonyl (C=O) groups excluding carboxylic acids is 2. The summed E-state index contributed by atoms with van der Waals surface area (Å²) in [5.41, 5.74) is 4.74. The average Bonchev–Trinajstić information content (AvgIpc) is 3.31. The molecule has 9 heteroatoms. The Hall–Kier alpha value is -4.50. The second-order valence-electron chi connectivity index (χ2n) is 10.7. The molecule has 0 aliphatic carbocycles. The number of aromatic nitrogens is 3. The predicted octanol–water partition coefficient (Wildman–Crippen LogP) is 6.38. The number of ether oxygens (including phenoxy) is 2. The molecular weight excluding hydrogens is 506 g/mol. The van der Waals surface area contributed by atoms with Crippen LogP contribution in [0.2, 0.25) is 0 Å². The third-order valence-corrected chi connectivity index (χ3v) is 6.15. The van der Waals surface area contributed by atoms with E-state index in [0.717, 1.165) is 22.5 Å². The number of hydrogen-bond donors (Lipinski definition) is 2. The summed E-state index contributed by atoms with van der Waals surface area (Å²) in [4.78, 5) is 29.1. The van der Waals surface area contributed by atoms with Gasteiger partial charge < -0.3 is 14.8 Å². The molecule has 2 N–H and O–H groups in total. The van der Waals surface area contributed by atoms with E-state index in [4.69, 9.17) is 14.6 Å². The lowest BCUT2D eigenvalue weighted by atomic mass is 9.92. The molecule has 4 aromatic rings. The maximum atomic E-state index is 13.0. The zero-order chi connectivity index (χ0) is 28.9. The number of ketones is 1. The first-order valence-electron chi connectivity index (χ1n) is 13.0. The lowest BCUT2D eigenvalue weighted by Gasteiger charge is -2.14. The highest BCUT2D eigenvalue weighted by Gasteiger charge is 2.22. The molecule has 2 aromatic heterocycles. The van der Waals surface area contributed by atoms with Gasteiger partial charge in [-0.25, -0.2) is 9.48 Å². The van der Waals surface area contributed by atoms with Gasteiger partial charge in [0.2, 0.25) is 0 Å². The number of nitrogens with zero attached hydrogens (tertiary/aromatic N) is 3. The Labute approximate surface area is 234 Å². The molecule has 0 radical (unpaired) electrons. The number of Topliss-reactive ketones (excluding diaryl/α,β-unsaturated/α-hetero) is 1. The third kappa shape index (κ3) is 7.33. The van der Waals surface area contributed by atoms with Gasteiger partial charge in [0.1, 0.15) is 23.9 Å². The van der Waals surface area contributed by atoms with Crippen molar-refractivity contribution in [1.82, 2.24) is 14.8 Å². The monoisotopic (exact) mass is 541 g/mol. The van der Waals surface area contributed by atoms with E-state index in [1.165, 1.54) is 7.11 Å². The first-order valence-corrected chi connectivity index (χ1v) is 13.0. The molecule has 0 unspecified atom stereocenters. The summed E-state index contributed by atoms with van der Waals surface area (Å²) >= 11 is 0. The lowest BCUT2D eigenvalue weighted by molar-refractivity contribution is -0.122. The van der Waals surface area contributed by atoms with Crippen LogP contribution in [0.1, 0.15) is 43.3 Å². The highest BCUT2D eigenvalue weighted by atomic mass is 16.5. The van der Waals surface area contributed by atoms with Gasteiger partial charge in [-0.1, -0.05) is 38.5 Å². The number of aryl methyl sites for hydroxylation is 2. The maximum Gasteiger partial charge on any atom is 0.324 e. The minimum Gasteiger partial charge on any atom is -0.457 e. The number of hydrogen-bond acceptors (Lipinski definition) is 6. The van der Waals surface area contributed by atoms with Gasteiger partial charge in [0, 0.05) is 36.5 Å². The summed E-state index contributed by atoms with van der Waals surface area (Å²) in [7, 11) is 1.48. The van der Waals surface area contributed by atoms with Gasteiger partial charge >= 0.3 is 6.03 Å². The highest BCUT2D eigenvalue weighted by molar-refractivity contribution is 6.00. The van der Waals surface area contributed by atoms with Crippen molar-refractivity contribution in [2.45, 2.75) is 46.5 Å². The molecule has 2 heterocycles. The molecule has 0 aliphatic rings. The Morgan fingerprint density at radius 2 is 1.65 bits per heavy atom. The van der Waals surface area contributed by atoms with Crippen LogP contribution in [0.4, 0.5) is 16.3 Å². The predicted molar refractivity (Wildman–Crippen MR) is 156 cm³/mol. The summed E-state index contributed by atoms with van der Waals surface area (Å²) in [6.45, 7) is 10.2. The fraction of sp³-hybridized carbons (Fsp3) is 0.290. The molecule has 0 bridgehead atoms. The number of rotatable bonds is 9. The molecule has 4 rings (SSSR count). The van der Waals surface area contributed by atoms with E-state index >= 15 is 0 Å². The van der Waals surface area contributed by atoms with Crippen LogP contribution in [0.5, 0.6) is 11.5 Å². The molecule has 0 aliphatic heterocycles. The van der Waals surface area contributed by atoms with Crippen LogP contribution >= 0.6 is 0 Å². The van der Waals surface area contributed by atoms with Crippen LogP contribution in [0.3, 0.4) is 0 Å². The van der Waals surface area contributed by atoms with Crippen LogP contribution < -0.4 is 15.4 Å². The third-order valence-electron chi connectivity index (χ3n) is 6.15. The zero-order valence-electron chi connectivity index (χ0n) is 23.7. The van der Waals surface area contributed by atoms with Gasteiger partial charge in [0.25, 0.3) is 0 Å². The van der Waals surface area contributed by atoms with Crippen LogP contribution in [-0.4, -0.2) is 40.3 Å². The first-order chi connectivity index (χ1) is 19.0. The SMILES string of the molecule is COCC(=O)Cc1cc(Oc2ccc(NC(=O)Nc3cc(C(C)(C)C)nn3-c3ccc(C)cc3)c(C)c2)ccn1. The van der Waals surface area contributed by atoms with Crippen molar-refractivity contribution in [3.63, 3.8) is 0 Å². The Kier molecular flexibility index (Phi) is 8.64. The number of methoxy groups -OCH3 is 1. The molecule has 0 spiro atoms. The Morgan fingerprint density at radius 1 is 0.925 bits per heavy atom. The van der Waals surface area contributed by atoms with Crippen LogP contribution in [0.25, 0.3) is 5.69 Å². The van der Waals surface area contributed by atoms with Crippen molar-refractivity contribution in [2.24, 2.45) is 0 Å². The van der Waals surface area contributed by atoms with Crippen molar-refractivity contribution >= 4 is 23.3 Å². The van der Waals surface area contributed by atoms with Crippen molar-refractivity contribution in [2.75, 3.05) is 24.4 Å².